The van der Waals surface area contributed by atoms with Crippen LogP contribution in [0.4, 0.5) is 10.1 Å². The molecule has 1 fully saturated rings. The van der Waals surface area contributed by atoms with E-state index >= 15 is 0 Å². The number of hydrogen-bond donors (Lipinski definition) is 1. The van der Waals surface area contributed by atoms with Gasteiger partial charge < -0.3 is 19.9 Å². The number of carbonyl (C=O) groups is 1. The summed E-state index contributed by atoms with van der Waals surface area (Å²) < 4.78 is 20.5. The maximum absolute atomic E-state index is 13.3. The summed E-state index contributed by atoms with van der Waals surface area (Å²) in [6.07, 6.45) is 5.20. The van der Waals surface area contributed by atoms with Crippen molar-refractivity contribution in [1.82, 2.24) is 25.0 Å². The van der Waals surface area contributed by atoms with Gasteiger partial charge in [0.05, 0.1) is 11.9 Å². The highest BCUT2D eigenvalue weighted by Gasteiger charge is 2.27. The largest absolute Gasteiger partial charge is 0.439 e. The highest BCUT2D eigenvalue weighted by molar-refractivity contribution is 5.98. The summed E-state index contributed by atoms with van der Waals surface area (Å²) in [4.78, 5) is 24.9. The van der Waals surface area contributed by atoms with Crippen molar-refractivity contribution in [2.24, 2.45) is 12.0 Å². The van der Waals surface area contributed by atoms with Gasteiger partial charge in [-0.3, -0.25) is 14.5 Å². The molecule has 1 N–H and O–H groups in total. The number of piperazine rings is 1. The number of halogens is 1. The van der Waals surface area contributed by atoms with Crippen LogP contribution in [-0.4, -0.2) is 58.2 Å². The van der Waals surface area contributed by atoms with Gasteiger partial charge in [0.1, 0.15) is 18.1 Å². The topological polar surface area (TPSA) is 87.9 Å². The van der Waals surface area contributed by atoms with Crippen LogP contribution in [0, 0.1) is 5.82 Å². The van der Waals surface area contributed by atoms with Crippen LogP contribution < -0.4 is 15.0 Å². The van der Waals surface area contributed by atoms with Crippen LogP contribution in [0.15, 0.2) is 60.0 Å². The predicted octanol–water partition coefficient (Wildman–Crippen LogP) is 2.17. The Balaban J connectivity index is 1.31. The number of amides is 1. The third-order valence-corrected chi connectivity index (χ3v) is 5.00. The number of hydrogen-bond acceptors (Lipinski definition) is 5. The molecule has 9 nitrogen and oxygen atoms in total. The zero-order valence-electron chi connectivity index (χ0n) is 17.9. The number of ether oxygens (including phenoxy) is 1. The molecular weight excluding hydrogens is 413 g/mol. The molecule has 0 unspecified atom stereocenters. The first-order chi connectivity index (χ1) is 15.5. The molecular formula is C22H24FN7O2. The summed E-state index contributed by atoms with van der Waals surface area (Å²) in [5.41, 5.74) is 1.71. The van der Waals surface area contributed by atoms with Crippen LogP contribution in [0.2, 0.25) is 0 Å². The van der Waals surface area contributed by atoms with Crippen molar-refractivity contribution in [2.75, 3.05) is 31.6 Å². The second-order valence-electron chi connectivity index (χ2n) is 7.30. The quantitative estimate of drug-likeness (QED) is 0.486. The number of aryl methyl sites for hydroxylation is 1. The van der Waals surface area contributed by atoms with E-state index in [-0.39, 0.29) is 18.3 Å². The Morgan fingerprint density at radius 3 is 2.78 bits per heavy atom. The molecule has 1 saturated heterocycles. The van der Waals surface area contributed by atoms with Gasteiger partial charge in [0.2, 0.25) is 11.8 Å². The number of nitrogens with zero attached hydrogens (tertiary/aromatic N) is 6. The average molecular weight is 437 g/mol. The van der Waals surface area contributed by atoms with Crippen molar-refractivity contribution < 1.29 is 13.9 Å². The monoisotopic (exact) mass is 437 g/mol. The number of aliphatic imine (C=N–C) groups is 1. The highest BCUT2D eigenvalue weighted by atomic mass is 19.1. The van der Waals surface area contributed by atoms with Gasteiger partial charge in [-0.25, -0.2) is 9.37 Å². The van der Waals surface area contributed by atoms with Crippen molar-refractivity contribution in [2.45, 2.75) is 6.54 Å². The molecule has 32 heavy (non-hydrogen) atoms. The summed E-state index contributed by atoms with van der Waals surface area (Å²) in [5, 5.41) is 7.40. The van der Waals surface area contributed by atoms with E-state index in [4.69, 9.17) is 4.74 Å². The number of nitrogens with one attached hydrogen (secondary N) is 1. The summed E-state index contributed by atoms with van der Waals surface area (Å²) >= 11 is 0. The molecule has 10 heteroatoms. The third-order valence-electron chi connectivity index (χ3n) is 5.00. The predicted molar refractivity (Wildman–Crippen MR) is 118 cm³/mol. The first-order valence-electron chi connectivity index (χ1n) is 10.1. The number of benzene rings is 1. The number of rotatable bonds is 5. The molecule has 0 saturated carbocycles. The molecule has 0 atom stereocenters. The van der Waals surface area contributed by atoms with E-state index in [1.165, 1.54) is 12.1 Å². The van der Waals surface area contributed by atoms with Gasteiger partial charge in [0.25, 0.3) is 0 Å². The number of anilines is 1. The lowest BCUT2D eigenvalue weighted by molar-refractivity contribution is -0.120. The molecule has 0 radical (unpaired) electrons. The van der Waals surface area contributed by atoms with E-state index in [1.807, 2.05) is 24.2 Å². The summed E-state index contributed by atoms with van der Waals surface area (Å²) in [6.45, 7) is 1.92. The number of aromatic nitrogens is 3. The van der Waals surface area contributed by atoms with Crippen molar-refractivity contribution in [3.63, 3.8) is 0 Å². The Morgan fingerprint density at radius 2 is 2.12 bits per heavy atom. The van der Waals surface area contributed by atoms with E-state index in [2.05, 4.69) is 20.4 Å². The zero-order chi connectivity index (χ0) is 22.5. The molecule has 166 valence electrons. The smallest absolute Gasteiger partial charge is 0.246 e. The third kappa shape index (κ3) is 5.02. The van der Waals surface area contributed by atoms with Crippen LogP contribution in [0.1, 0.15) is 5.56 Å². The molecule has 1 amide bonds. The fourth-order valence-corrected chi connectivity index (χ4v) is 3.42. The van der Waals surface area contributed by atoms with Gasteiger partial charge in [-0.2, -0.15) is 5.10 Å². The van der Waals surface area contributed by atoms with E-state index < -0.39 is 0 Å². The van der Waals surface area contributed by atoms with Crippen LogP contribution >= 0.6 is 0 Å². The Morgan fingerprint density at radius 1 is 1.25 bits per heavy atom. The van der Waals surface area contributed by atoms with Crippen molar-refractivity contribution in [1.29, 1.82) is 0 Å². The van der Waals surface area contributed by atoms with Crippen molar-refractivity contribution in [3.05, 3.63) is 66.4 Å². The van der Waals surface area contributed by atoms with E-state index in [9.17, 15) is 9.18 Å². The van der Waals surface area contributed by atoms with Gasteiger partial charge in [-0.05, 0) is 17.7 Å². The van der Waals surface area contributed by atoms with Gasteiger partial charge in [0.15, 0.2) is 5.96 Å². The first-order valence-corrected chi connectivity index (χ1v) is 10.1. The second kappa shape index (κ2) is 9.46. The molecule has 3 aromatic rings. The van der Waals surface area contributed by atoms with Crippen molar-refractivity contribution in [3.8, 4) is 11.6 Å². The summed E-state index contributed by atoms with van der Waals surface area (Å²) in [5.74, 6) is 1.03. The van der Waals surface area contributed by atoms with E-state index in [0.717, 1.165) is 11.3 Å². The normalized spacial score (nSPS) is 14.6. The van der Waals surface area contributed by atoms with E-state index in [0.29, 0.717) is 37.2 Å². The molecule has 1 aliphatic rings. The zero-order valence-corrected chi connectivity index (χ0v) is 17.9. The van der Waals surface area contributed by atoms with Gasteiger partial charge in [-0.1, -0.05) is 12.1 Å². The van der Waals surface area contributed by atoms with Crippen LogP contribution in [0.5, 0.6) is 11.6 Å². The fraction of sp³-hybridized carbons (Fsp3) is 0.273. The van der Waals surface area contributed by atoms with E-state index in [1.54, 1.807) is 47.2 Å². The summed E-state index contributed by atoms with van der Waals surface area (Å²) in [7, 11) is 3.51. The van der Waals surface area contributed by atoms with Gasteiger partial charge in [0, 0.05) is 58.3 Å². The molecule has 3 heterocycles. The van der Waals surface area contributed by atoms with Crippen molar-refractivity contribution >= 4 is 17.6 Å². The maximum atomic E-state index is 13.3. The number of guanidine groups is 1. The minimum absolute atomic E-state index is 0.00674. The van der Waals surface area contributed by atoms with Crippen LogP contribution in [0.25, 0.3) is 0 Å². The Kier molecular flexibility index (Phi) is 6.29. The standard InChI is InChI=1S/C22H24FN7O2/c1-24-22(29-8-9-30(21(31)15-29)18-13-27-28(2)14-18)26-12-16-6-7-20(25-11-16)32-19-5-3-4-17(23)10-19/h3-7,10-11,13-14H,8-9,12,15H2,1-2H3,(H,24,26). The molecule has 1 aromatic carbocycles. The first kappa shape index (κ1) is 21.3. The van der Waals surface area contributed by atoms with Gasteiger partial charge in [-0.15, -0.1) is 0 Å². The second-order valence-corrected chi connectivity index (χ2v) is 7.30. The maximum Gasteiger partial charge on any atom is 0.246 e. The Labute approximate surface area is 185 Å². The lowest BCUT2D eigenvalue weighted by atomic mass is 10.2. The molecule has 0 bridgehead atoms. The average Bonchev–Trinajstić information content (AvgIpc) is 3.21. The fourth-order valence-electron chi connectivity index (χ4n) is 3.42. The lowest BCUT2D eigenvalue weighted by Gasteiger charge is -2.35. The Hall–Kier alpha value is -3.95. The summed E-state index contributed by atoms with van der Waals surface area (Å²) in [6, 6.07) is 9.49. The highest BCUT2D eigenvalue weighted by Crippen LogP contribution is 2.20. The number of pyridine rings is 1. The number of carbonyl (C=O) groups excluding carboxylic acids is 1. The molecule has 4 rings (SSSR count). The minimum atomic E-state index is -0.366. The lowest BCUT2D eigenvalue weighted by Crippen LogP contribution is -2.55. The molecule has 2 aromatic heterocycles. The molecule has 0 spiro atoms. The minimum Gasteiger partial charge on any atom is -0.439 e. The SMILES string of the molecule is CN=C(NCc1ccc(Oc2cccc(F)c2)nc1)N1CCN(c2cnn(C)c2)C(=O)C1. The van der Waals surface area contributed by atoms with Crippen LogP contribution in [-0.2, 0) is 18.4 Å². The van der Waals surface area contributed by atoms with Gasteiger partial charge >= 0.3 is 0 Å². The van der Waals surface area contributed by atoms with Crippen LogP contribution in [0.3, 0.4) is 0 Å². The molecule has 0 aliphatic carbocycles. The Bertz CT molecular complexity index is 1110. The molecule has 1 aliphatic heterocycles.